The van der Waals surface area contributed by atoms with Gasteiger partial charge in [0.2, 0.25) is 0 Å². The van der Waals surface area contributed by atoms with Crippen LogP contribution in [0.25, 0.3) is 0 Å². The molecule has 0 aromatic carbocycles. The first-order chi connectivity index (χ1) is 9.29. The van der Waals surface area contributed by atoms with E-state index in [1.165, 1.54) is 25.8 Å². The Morgan fingerprint density at radius 2 is 2.26 bits per heavy atom. The van der Waals surface area contributed by atoms with Crippen LogP contribution in [-0.2, 0) is 6.61 Å². The van der Waals surface area contributed by atoms with E-state index in [2.05, 4.69) is 21.8 Å². The van der Waals surface area contributed by atoms with E-state index >= 15 is 0 Å². The summed E-state index contributed by atoms with van der Waals surface area (Å²) in [5.74, 6) is 0.763. The maximum Gasteiger partial charge on any atom is 0.0703 e. The summed E-state index contributed by atoms with van der Waals surface area (Å²) in [5.41, 5.74) is 2.12. The van der Waals surface area contributed by atoms with E-state index < -0.39 is 0 Å². The fraction of sp³-hybridized carbons (Fsp3) is 0.667. The van der Waals surface area contributed by atoms with Crippen LogP contribution in [0, 0.1) is 5.92 Å². The van der Waals surface area contributed by atoms with Crippen LogP contribution in [0.15, 0.2) is 18.5 Å². The lowest BCUT2D eigenvalue weighted by Crippen LogP contribution is -2.52. The Hall–Kier alpha value is -1.13. The summed E-state index contributed by atoms with van der Waals surface area (Å²) in [6, 6.07) is 2.67. The Balaban J connectivity index is 1.77. The molecular formula is C15H23N3O. The van der Waals surface area contributed by atoms with Gasteiger partial charge in [0.25, 0.3) is 0 Å². The zero-order valence-electron chi connectivity index (χ0n) is 11.6. The van der Waals surface area contributed by atoms with E-state index in [1.807, 2.05) is 12.3 Å². The first-order valence-corrected chi connectivity index (χ1v) is 7.28. The molecule has 19 heavy (non-hydrogen) atoms. The number of aliphatic hydroxyl groups is 1. The quantitative estimate of drug-likeness (QED) is 0.875. The third-order valence-electron chi connectivity index (χ3n) is 4.74. The molecule has 0 aliphatic carbocycles. The number of likely N-dealkylation sites (tertiary alicyclic amines) is 1. The van der Waals surface area contributed by atoms with E-state index in [4.69, 9.17) is 0 Å². The van der Waals surface area contributed by atoms with Crippen LogP contribution in [0.5, 0.6) is 0 Å². The molecule has 1 aromatic rings. The Kier molecular flexibility index (Phi) is 3.71. The molecule has 0 radical (unpaired) electrons. The van der Waals surface area contributed by atoms with Gasteiger partial charge in [-0.25, -0.2) is 0 Å². The van der Waals surface area contributed by atoms with Gasteiger partial charge in [0.05, 0.1) is 18.5 Å². The maximum atomic E-state index is 9.46. The van der Waals surface area contributed by atoms with Crippen molar-refractivity contribution < 1.29 is 5.11 Å². The summed E-state index contributed by atoms with van der Waals surface area (Å²) in [5, 5.41) is 9.46. The average Bonchev–Trinajstić information content (AvgIpc) is 2.47. The number of hydrogen-bond donors (Lipinski definition) is 1. The van der Waals surface area contributed by atoms with E-state index in [0.29, 0.717) is 0 Å². The van der Waals surface area contributed by atoms with Crippen LogP contribution in [0.2, 0.25) is 0 Å². The van der Waals surface area contributed by atoms with Gasteiger partial charge < -0.3 is 14.9 Å². The number of hydrogen-bond acceptors (Lipinski definition) is 4. The van der Waals surface area contributed by atoms with Crippen molar-refractivity contribution in [2.75, 3.05) is 31.6 Å². The molecule has 2 atom stereocenters. The maximum absolute atomic E-state index is 9.46. The summed E-state index contributed by atoms with van der Waals surface area (Å²) in [6.45, 7) is 3.52. The predicted octanol–water partition coefficient (Wildman–Crippen LogP) is 1.49. The fourth-order valence-electron chi connectivity index (χ4n) is 3.70. The van der Waals surface area contributed by atoms with Crippen molar-refractivity contribution >= 4 is 5.69 Å². The summed E-state index contributed by atoms with van der Waals surface area (Å²) in [4.78, 5) is 9.17. The first kappa shape index (κ1) is 12.9. The molecular weight excluding hydrogens is 238 g/mol. The highest BCUT2D eigenvalue weighted by molar-refractivity contribution is 5.52. The van der Waals surface area contributed by atoms with Crippen molar-refractivity contribution in [3.63, 3.8) is 0 Å². The number of anilines is 1. The Bertz CT molecular complexity index is 437. The number of nitrogens with zero attached hydrogens (tertiary/aromatic N) is 3. The van der Waals surface area contributed by atoms with Crippen LogP contribution in [-0.4, -0.2) is 47.7 Å². The lowest BCUT2D eigenvalue weighted by Gasteiger charge is -2.46. The minimum absolute atomic E-state index is 0.0996. The molecule has 4 nitrogen and oxygen atoms in total. The third-order valence-corrected chi connectivity index (χ3v) is 4.74. The van der Waals surface area contributed by atoms with Gasteiger partial charge in [0.15, 0.2) is 0 Å². The normalized spacial score (nSPS) is 28.2. The number of piperidine rings is 2. The van der Waals surface area contributed by atoms with Crippen LogP contribution in [0.1, 0.15) is 24.8 Å². The van der Waals surface area contributed by atoms with Crippen molar-refractivity contribution in [3.8, 4) is 0 Å². The van der Waals surface area contributed by atoms with Crippen LogP contribution >= 0.6 is 0 Å². The number of rotatable bonds is 2. The second-order valence-corrected chi connectivity index (χ2v) is 5.85. The topological polar surface area (TPSA) is 39.6 Å². The van der Waals surface area contributed by atoms with Gasteiger partial charge in [-0.3, -0.25) is 4.98 Å². The van der Waals surface area contributed by atoms with Crippen molar-refractivity contribution in [3.05, 3.63) is 24.0 Å². The van der Waals surface area contributed by atoms with E-state index in [9.17, 15) is 5.11 Å². The number of aliphatic hydroxyl groups excluding tert-OH is 1. The molecule has 2 fully saturated rings. The van der Waals surface area contributed by atoms with Crippen LogP contribution in [0.4, 0.5) is 5.69 Å². The van der Waals surface area contributed by atoms with Gasteiger partial charge in [-0.05, 0) is 44.8 Å². The zero-order valence-corrected chi connectivity index (χ0v) is 11.6. The molecule has 4 heteroatoms. The van der Waals surface area contributed by atoms with Crippen molar-refractivity contribution in [1.29, 1.82) is 0 Å². The molecule has 2 aliphatic rings. The van der Waals surface area contributed by atoms with Crippen LogP contribution in [0.3, 0.4) is 0 Å². The molecule has 2 unspecified atom stereocenters. The molecule has 104 valence electrons. The lowest BCUT2D eigenvalue weighted by atomic mass is 9.84. The van der Waals surface area contributed by atoms with E-state index in [0.717, 1.165) is 36.3 Å². The Labute approximate surface area is 115 Å². The smallest absolute Gasteiger partial charge is 0.0703 e. The van der Waals surface area contributed by atoms with Crippen LogP contribution < -0.4 is 4.90 Å². The highest BCUT2D eigenvalue weighted by Crippen LogP contribution is 2.32. The van der Waals surface area contributed by atoms with Gasteiger partial charge in [0.1, 0.15) is 0 Å². The summed E-state index contributed by atoms with van der Waals surface area (Å²) < 4.78 is 0. The zero-order chi connectivity index (χ0) is 13.2. The highest BCUT2D eigenvalue weighted by Gasteiger charge is 2.34. The monoisotopic (exact) mass is 261 g/mol. The lowest BCUT2D eigenvalue weighted by molar-refractivity contribution is 0.102. The summed E-state index contributed by atoms with van der Waals surface area (Å²) >= 11 is 0. The average molecular weight is 261 g/mol. The Morgan fingerprint density at radius 3 is 3.11 bits per heavy atom. The second-order valence-electron chi connectivity index (χ2n) is 5.85. The molecule has 0 saturated carbocycles. The van der Waals surface area contributed by atoms with Crippen molar-refractivity contribution in [2.45, 2.75) is 31.9 Å². The van der Waals surface area contributed by atoms with Gasteiger partial charge in [-0.15, -0.1) is 0 Å². The first-order valence-electron chi connectivity index (χ1n) is 7.28. The SMILES string of the molecule is CN1CCCC2CN(c3cnccc3CO)CCC21. The summed E-state index contributed by atoms with van der Waals surface area (Å²) in [6.07, 6.45) is 7.53. The van der Waals surface area contributed by atoms with Gasteiger partial charge >= 0.3 is 0 Å². The van der Waals surface area contributed by atoms with Crippen molar-refractivity contribution in [2.24, 2.45) is 5.92 Å². The minimum atomic E-state index is 0.0996. The second kappa shape index (κ2) is 5.47. The Morgan fingerprint density at radius 1 is 1.37 bits per heavy atom. The molecule has 2 aliphatic heterocycles. The number of pyridine rings is 1. The standard InChI is InChI=1S/C15H23N3O/c1-17-7-2-3-12-10-18(8-5-14(12)17)15-9-16-6-4-13(15)11-19/h4,6,9,12,14,19H,2-3,5,7-8,10-11H2,1H3. The molecule has 1 aromatic heterocycles. The van der Waals surface area contributed by atoms with Gasteiger partial charge in [0, 0.05) is 30.9 Å². The third kappa shape index (κ3) is 2.47. The van der Waals surface area contributed by atoms with Gasteiger partial charge in [-0.2, -0.15) is 0 Å². The molecule has 2 saturated heterocycles. The van der Waals surface area contributed by atoms with E-state index in [1.54, 1.807) is 6.20 Å². The van der Waals surface area contributed by atoms with Gasteiger partial charge in [-0.1, -0.05) is 0 Å². The molecule has 0 bridgehead atoms. The largest absolute Gasteiger partial charge is 0.392 e. The molecule has 0 amide bonds. The molecule has 3 rings (SSSR count). The number of aromatic nitrogens is 1. The molecule has 1 N–H and O–H groups in total. The molecule has 3 heterocycles. The summed E-state index contributed by atoms with van der Waals surface area (Å²) in [7, 11) is 2.26. The number of fused-ring (bicyclic) bond motifs is 1. The highest BCUT2D eigenvalue weighted by atomic mass is 16.3. The van der Waals surface area contributed by atoms with E-state index in [-0.39, 0.29) is 6.61 Å². The molecule has 0 spiro atoms. The minimum Gasteiger partial charge on any atom is -0.392 e. The van der Waals surface area contributed by atoms with Crippen molar-refractivity contribution in [1.82, 2.24) is 9.88 Å². The predicted molar refractivity (Wildman–Crippen MR) is 76.1 cm³/mol. The fourth-order valence-corrected chi connectivity index (χ4v) is 3.70.